The van der Waals surface area contributed by atoms with Crippen molar-refractivity contribution in [1.82, 2.24) is 10.2 Å². The lowest BCUT2D eigenvalue weighted by atomic mass is 10.1. The lowest BCUT2D eigenvalue weighted by Crippen LogP contribution is -3.09. The first kappa shape index (κ1) is 20.1. The number of ether oxygens (including phenoxy) is 1. The van der Waals surface area contributed by atoms with Crippen molar-refractivity contribution in [1.29, 1.82) is 0 Å². The van der Waals surface area contributed by atoms with E-state index in [0.29, 0.717) is 26.2 Å². The van der Waals surface area contributed by atoms with E-state index in [-0.39, 0.29) is 18.0 Å². The van der Waals surface area contributed by atoms with Gasteiger partial charge in [-0.25, -0.2) is 4.79 Å². The van der Waals surface area contributed by atoms with Crippen molar-refractivity contribution >= 4 is 22.8 Å². The Balaban J connectivity index is 1.43. The fourth-order valence-electron chi connectivity index (χ4n) is 3.73. The van der Waals surface area contributed by atoms with Gasteiger partial charge in [0, 0.05) is 24.7 Å². The number of nitrogens with zero attached hydrogens (tertiary/aromatic N) is 1. The number of carbonyl (C=O) groups is 2. The van der Waals surface area contributed by atoms with Crippen LogP contribution in [-0.2, 0) is 16.1 Å². The largest absolute Gasteiger partial charge is 0.450 e. The minimum absolute atomic E-state index is 0.0628. The van der Waals surface area contributed by atoms with Crippen LogP contribution in [0, 0.1) is 0 Å². The van der Waals surface area contributed by atoms with E-state index in [1.54, 1.807) is 4.90 Å². The van der Waals surface area contributed by atoms with Gasteiger partial charge in [-0.05, 0) is 36.6 Å². The maximum Gasteiger partial charge on any atom is 0.409 e. The highest BCUT2D eigenvalue weighted by atomic mass is 16.6. The first-order valence-corrected chi connectivity index (χ1v) is 10.0. The standard InChI is InChI=1S/C22H29N3O3/c1-3-28-22(27)25-12-10-20(11-13-25)23-21(26)16-24(2)15-17-8-9-18-6-4-5-7-19(18)14-17/h4-9,14,20H,3,10-13,15-16H2,1-2H3,(H,23,26)/p+1. The minimum atomic E-state index is -0.258. The lowest BCUT2D eigenvalue weighted by Gasteiger charge is -2.31. The number of hydrogen-bond acceptors (Lipinski definition) is 3. The van der Waals surface area contributed by atoms with Crippen molar-refractivity contribution < 1.29 is 19.2 Å². The molecule has 2 N–H and O–H groups in total. The fraction of sp³-hybridized carbons (Fsp3) is 0.455. The second-order valence-corrected chi connectivity index (χ2v) is 7.52. The quantitative estimate of drug-likeness (QED) is 0.795. The van der Waals surface area contributed by atoms with Crippen molar-refractivity contribution in [3.05, 3.63) is 48.0 Å². The van der Waals surface area contributed by atoms with Crippen LogP contribution < -0.4 is 10.2 Å². The fourth-order valence-corrected chi connectivity index (χ4v) is 3.73. The molecule has 1 atom stereocenters. The van der Waals surface area contributed by atoms with Crippen LogP contribution in [0.4, 0.5) is 4.79 Å². The minimum Gasteiger partial charge on any atom is -0.450 e. The summed E-state index contributed by atoms with van der Waals surface area (Å²) in [7, 11) is 2.04. The SMILES string of the molecule is CCOC(=O)N1CCC(NC(=O)C[NH+](C)Cc2ccc3ccccc3c2)CC1. The molecule has 1 aliphatic heterocycles. The van der Waals surface area contributed by atoms with Crippen LogP contribution in [0.1, 0.15) is 25.3 Å². The number of amides is 2. The van der Waals surface area contributed by atoms with E-state index < -0.39 is 0 Å². The molecule has 0 saturated carbocycles. The molecule has 6 heteroatoms. The second kappa shape index (κ2) is 9.55. The molecular weight excluding hydrogens is 354 g/mol. The van der Waals surface area contributed by atoms with Crippen LogP contribution >= 0.6 is 0 Å². The normalized spacial score (nSPS) is 16.0. The van der Waals surface area contributed by atoms with Crippen molar-refractivity contribution in [2.45, 2.75) is 32.4 Å². The molecule has 1 fully saturated rings. The van der Waals surface area contributed by atoms with E-state index >= 15 is 0 Å². The van der Waals surface area contributed by atoms with Gasteiger partial charge in [-0.2, -0.15) is 0 Å². The molecule has 3 rings (SSSR count). The number of nitrogens with one attached hydrogen (secondary N) is 2. The molecule has 150 valence electrons. The van der Waals surface area contributed by atoms with E-state index in [9.17, 15) is 9.59 Å². The Kier molecular flexibility index (Phi) is 6.87. The molecule has 0 bridgehead atoms. The first-order valence-electron chi connectivity index (χ1n) is 10.0. The van der Waals surface area contributed by atoms with Gasteiger partial charge < -0.3 is 19.9 Å². The predicted molar refractivity (Wildman–Crippen MR) is 109 cm³/mol. The van der Waals surface area contributed by atoms with Gasteiger partial charge in [0.15, 0.2) is 6.54 Å². The van der Waals surface area contributed by atoms with Gasteiger partial charge in [-0.3, -0.25) is 4.79 Å². The number of benzene rings is 2. The summed E-state index contributed by atoms with van der Waals surface area (Å²) >= 11 is 0. The summed E-state index contributed by atoms with van der Waals surface area (Å²) in [6.45, 7) is 4.70. The smallest absolute Gasteiger partial charge is 0.409 e. The monoisotopic (exact) mass is 384 g/mol. The number of quaternary nitrogens is 1. The van der Waals surface area contributed by atoms with Crippen LogP contribution in [0.25, 0.3) is 10.8 Å². The van der Waals surface area contributed by atoms with E-state index in [1.807, 2.05) is 26.1 Å². The molecule has 1 saturated heterocycles. The number of rotatable bonds is 6. The molecule has 1 unspecified atom stereocenters. The van der Waals surface area contributed by atoms with Crippen molar-refractivity contribution in [2.24, 2.45) is 0 Å². The van der Waals surface area contributed by atoms with E-state index in [2.05, 4.69) is 35.6 Å². The highest BCUT2D eigenvalue weighted by molar-refractivity contribution is 5.83. The summed E-state index contributed by atoms with van der Waals surface area (Å²) in [6, 6.07) is 14.9. The zero-order valence-electron chi connectivity index (χ0n) is 16.7. The van der Waals surface area contributed by atoms with Crippen LogP contribution in [0.15, 0.2) is 42.5 Å². The van der Waals surface area contributed by atoms with Gasteiger partial charge in [0.1, 0.15) is 6.54 Å². The number of carbonyl (C=O) groups excluding carboxylic acids is 2. The van der Waals surface area contributed by atoms with Gasteiger partial charge in [-0.15, -0.1) is 0 Å². The summed E-state index contributed by atoms with van der Waals surface area (Å²) in [4.78, 5) is 27.0. The molecule has 2 amide bonds. The third-order valence-electron chi connectivity index (χ3n) is 5.17. The van der Waals surface area contributed by atoms with E-state index in [1.165, 1.54) is 16.3 Å². The Bertz CT molecular complexity index is 816. The number of likely N-dealkylation sites (tertiary alicyclic amines) is 1. The molecule has 0 aromatic heterocycles. The first-order chi connectivity index (χ1) is 13.5. The van der Waals surface area contributed by atoms with Crippen molar-refractivity contribution in [3.8, 4) is 0 Å². The molecule has 28 heavy (non-hydrogen) atoms. The summed E-state index contributed by atoms with van der Waals surface area (Å²) in [5.74, 6) is 0.0628. The van der Waals surface area contributed by atoms with Gasteiger partial charge in [0.25, 0.3) is 5.91 Å². The lowest BCUT2D eigenvalue weighted by molar-refractivity contribution is -0.885. The van der Waals surface area contributed by atoms with Gasteiger partial charge in [0.05, 0.1) is 13.7 Å². The summed E-state index contributed by atoms with van der Waals surface area (Å²) in [6.07, 6.45) is 1.29. The maximum atomic E-state index is 12.4. The molecule has 1 aliphatic rings. The third kappa shape index (κ3) is 5.45. The zero-order chi connectivity index (χ0) is 19.9. The molecule has 6 nitrogen and oxygen atoms in total. The second-order valence-electron chi connectivity index (χ2n) is 7.52. The summed E-state index contributed by atoms with van der Waals surface area (Å²) in [5, 5.41) is 5.58. The van der Waals surface area contributed by atoms with Gasteiger partial charge in [0.2, 0.25) is 0 Å². The molecule has 1 heterocycles. The van der Waals surface area contributed by atoms with Gasteiger partial charge >= 0.3 is 6.09 Å². The third-order valence-corrected chi connectivity index (χ3v) is 5.17. The predicted octanol–water partition coefficient (Wildman–Crippen LogP) is 1.59. The molecule has 2 aromatic rings. The molecule has 0 radical (unpaired) electrons. The molecule has 0 spiro atoms. The van der Waals surface area contributed by atoms with Crippen LogP contribution in [0.3, 0.4) is 0 Å². The van der Waals surface area contributed by atoms with Crippen molar-refractivity contribution in [3.63, 3.8) is 0 Å². The van der Waals surface area contributed by atoms with Crippen LogP contribution in [-0.4, -0.2) is 56.2 Å². The molecule has 0 aliphatic carbocycles. The Hall–Kier alpha value is -2.60. The zero-order valence-corrected chi connectivity index (χ0v) is 16.7. The van der Waals surface area contributed by atoms with Crippen molar-refractivity contribution in [2.75, 3.05) is 33.3 Å². The van der Waals surface area contributed by atoms with Gasteiger partial charge in [-0.1, -0.05) is 36.4 Å². The maximum absolute atomic E-state index is 12.4. The Labute approximate surface area is 166 Å². The summed E-state index contributed by atoms with van der Waals surface area (Å²) < 4.78 is 5.03. The van der Waals surface area contributed by atoms with E-state index in [4.69, 9.17) is 4.74 Å². The topological polar surface area (TPSA) is 63.1 Å². The molecule has 2 aromatic carbocycles. The summed E-state index contributed by atoms with van der Waals surface area (Å²) in [5.41, 5.74) is 1.23. The van der Waals surface area contributed by atoms with Crippen LogP contribution in [0.2, 0.25) is 0 Å². The number of piperidine rings is 1. The number of likely N-dealkylation sites (N-methyl/N-ethyl adjacent to an activating group) is 1. The average molecular weight is 385 g/mol. The average Bonchev–Trinajstić information content (AvgIpc) is 2.68. The Morgan fingerprint density at radius 2 is 1.86 bits per heavy atom. The number of fused-ring (bicyclic) bond motifs is 1. The van der Waals surface area contributed by atoms with Crippen LogP contribution in [0.5, 0.6) is 0 Å². The highest BCUT2D eigenvalue weighted by Crippen LogP contribution is 2.15. The Morgan fingerprint density at radius 1 is 1.14 bits per heavy atom. The molecular formula is C22H30N3O3+. The van der Waals surface area contributed by atoms with E-state index in [0.717, 1.165) is 24.3 Å². The Morgan fingerprint density at radius 3 is 2.57 bits per heavy atom. The number of hydrogen-bond donors (Lipinski definition) is 2. The highest BCUT2D eigenvalue weighted by Gasteiger charge is 2.25.